The molecule has 0 aromatic heterocycles. The van der Waals surface area contributed by atoms with Crippen molar-refractivity contribution >= 4 is 17.5 Å². The van der Waals surface area contributed by atoms with Gasteiger partial charge in [-0.1, -0.05) is 18.2 Å². The van der Waals surface area contributed by atoms with Crippen LogP contribution in [-0.2, 0) is 11.3 Å². The zero-order valence-corrected chi connectivity index (χ0v) is 10.3. The number of hydrogen-bond donors (Lipinski definition) is 0. The van der Waals surface area contributed by atoms with E-state index in [1.54, 1.807) is 19.1 Å². The highest BCUT2D eigenvalue weighted by molar-refractivity contribution is 6.18. The van der Waals surface area contributed by atoms with Gasteiger partial charge in [-0.05, 0) is 6.07 Å². The first-order valence-corrected chi connectivity index (χ1v) is 5.64. The van der Waals surface area contributed by atoms with Gasteiger partial charge in [0.05, 0.1) is 7.11 Å². The van der Waals surface area contributed by atoms with E-state index < -0.39 is 0 Å². The summed E-state index contributed by atoms with van der Waals surface area (Å²) in [5, 5.41) is 0. The van der Waals surface area contributed by atoms with Crippen LogP contribution in [0.4, 0.5) is 0 Å². The van der Waals surface area contributed by atoms with Crippen LogP contribution >= 0.6 is 11.6 Å². The number of para-hydroxylation sites is 1. The van der Waals surface area contributed by atoms with Crippen LogP contribution in [0.15, 0.2) is 24.3 Å². The Morgan fingerprint density at radius 1 is 1.44 bits per heavy atom. The third-order valence-electron chi connectivity index (χ3n) is 2.33. The number of alkyl halides is 1. The summed E-state index contributed by atoms with van der Waals surface area (Å²) < 4.78 is 5.22. The largest absolute Gasteiger partial charge is 0.496 e. The Morgan fingerprint density at radius 3 is 2.75 bits per heavy atom. The van der Waals surface area contributed by atoms with Crippen molar-refractivity contribution < 1.29 is 9.53 Å². The van der Waals surface area contributed by atoms with Crippen LogP contribution in [0.25, 0.3) is 0 Å². The summed E-state index contributed by atoms with van der Waals surface area (Å²) in [6.45, 7) is 0.541. The molecule has 0 saturated carbocycles. The topological polar surface area (TPSA) is 29.5 Å². The minimum absolute atomic E-state index is 0.0425. The molecule has 16 heavy (non-hydrogen) atoms. The molecule has 4 heteroatoms. The lowest BCUT2D eigenvalue weighted by Crippen LogP contribution is -2.26. The molecule has 0 saturated heterocycles. The number of benzene rings is 1. The molecule has 0 bridgehead atoms. The van der Waals surface area contributed by atoms with Crippen LogP contribution in [0.5, 0.6) is 5.75 Å². The molecule has 1 aromatic carbocycles. The Bertz CT molecular complexity index is 355. The fraction of sp³-hybridized carbons (Fsp3) is 0.417. The summed E-state index contributed by atoms with van der Waals surface area (Å²) >= 11 is 5.53. The third-order valence-corrected chi connectivity index (χ3v) is 2.52. The number of rotatable bonds is 5. The van der Waals surface area contributed by atoms with Gasteiger partial charge in [0, 0.05) is 31.5 Å². The Hall–Kier alpha value is -1.22. The number of hydrogen-bond acceptors (Lipinski definition) is 2. The van der Waals surface area contributed by atoms with E-state index in [-0.39, 0.29) is 5.91 Å². The lowest BCUT2D eigenvalue weighted by atomic mass is 10.2. The fourth-order valence-electron chi connectivity index (χ4n) is 1.45. The SMILES string of the molecule is COc1ccccc1CN(C)C(=O)CCCl. The minimum Gasteiger partial charge on any atom is -0.496 e. The number of halogens is 1. The minimum atomic E-state index is 0.0425. The molecule has 0 aliphatic carbocycles. The predicted octanol–water partition coefficient (Wildman–Crippen LogP) is 2.28. The van der Waals surface area contributed by atoms with Gasteiger partial charge < -0.3 is 9.64 Å². The van der Waals surface area contributed by atoms with Crippen molar-refractivity contribution in [3.05, 3.63) is 29.8 Å². The molecular formula is C12H16ClNO2. The molecule has 1 amide bonds. The molecule has 0 spiro atoms. The second-order valence-electron chi connectivity index (χ2n) is 3.50. The molecule has 0 aliphatic rings. The highest BCUT2D eigenvalue weighted by Crippen LogP contribution is 2.18. The lowest BCUT2D eigenvalue weighted by Gasteiger charge is -2.18. The van der Waals surface area contributed by atoms with Crippen molar-refractivity contribution in [1.29, 1.82) is 0 Å². The normalized spacial score (nSPS) is 9.94. The molecule has 1 aromatic rings. The Labute approximate surface area is 101 Å². The Morgan fingerprint density at radius 2 is 2.12 bits per heavy atom. The van der Waals surface area contributed by atoms with Gasteiger partial charge >= 0.3 is 0 Å². The van der Waals surface area contributed by atoms with E-state index in [0.29, 0.717) is 18.8 Å². The molecule has 0 heterocycles. The number of methoxy groups -OCH3 is 1. The highest BCUT2D eigenvalue weighted by atomic mass is 35.5. The molecule has 1 rings (SSSR count). The zero-order valence-electron chi connectivity index (χ0n) is 9.57. The van der Waals surface area contributed by atoms with Crippen molar-refractivity contribution in [2.45, 2.75) is 13.0 Å². The van der Waals surface area contributed by atoms with Crippen LogP contribution in [0.2, 0.25) is 0 Å². The number of nitrogens with zero attached hydrogens (tertiary/aromatic N) is 1. The Balaban J connectivity index is 2.68. The van der Waals surface area contributed by atoms with Gasteiger partial charge in [-0.25, -0.2) is 0 Å². The lowest BCUT2D eigenvalue weighted by molar-refractivity contribution is -0.130. The maximum atomic E-state index is 11.5. The van der Waals surface area contributed by atoms with E-state index >= 15 is 0 Å². The van der Waals surface area contributed by atoms with Crippen LogP contribution in [0.3, 0.4) is 0 Å². The summed E-state index contributed by atoms with van der Waals surface area (Å²) in [7, 11) is 3.39. The summed E-state index contributed by atoms with van der Waals surface area (Å²) in [5.74, 6) is 1.20. The monoisotopic (exact) mass is 241 g/mol. The standard InChI is InChI=1S/C12H16ClNO2/c1-14(12(15)7-8-13)9-10-5-3-4-6-11(10)16-2/h3-6H,7-9H2,1-2H3. The van der Waals surface area contributed by atoms with E-state index in [0.717, 1.165) is 11.3 Å². The van der Waals surface area contributed by atoms with Crippen LogP contribution in [-0.4, -0.2) is 30.8 Å². The molecule has 0 fully saturated rings. The zero-order chi connectivity index (χ0) is 12.0. The molecule has 3 nitrogen and oxygen atoms in total. The van der Waals surface area contributed by atoms with Crippen molar-refractivity contribution in [3.63, 3.8) is 0 Å². The molecular weight excluding hydrogens is 226 g/mol. The summed E-state index contributed by atoms with van der Waals surface area (Å²) in [4.78, 5) is 13.2. The van der Waals surface area contributed by atoms with Gasteiger partial charge in [0.2, 0.25) is 5.91 Å². The second kappa shape index (κ2) is 6.38. The van der Waals surface area contributed by atoms with E-state index in [1.807, 2.05) is 24.3 Å². The fourth-order valence-corrected chi connectivity index (χ4v) is 1.61. The van der Waals surface area contributed by atoms with E-state index in [2.05, 4.69) is 0 Å². The van der Waals surface area contributed by atoms with Crippen LogP contribution < -0.4 is 4.74 Å². The van der Waals surface area contributed by atoms with E-state index in [4.69, 9.17) is 16.3 Å². The quantitative estimate of drug-likeness (QED) is 0.741. The van der Waals surface area contributed by atoms with Gasteiger partial charge in [0.25, 0.3) is 0 Å². The summed E-state index contributed by atoms with van der Waals surface area (Å²) in [6.07, 6.45) is 0.368. The first-order chi connectivity index (χ1) is 7.69. The number of carbonyl (C=O) groups excluding carboxylic acids is 1. The summed E-state index contributed by atoms with van der Waals surface area (Å²) in [6, 6.07) is 7.67. The number of carbonyl (C=O) groups is 1. The maximum absolute atomic E-state index is 11.5. The summed E-state index contributed by atoms with van der Waals surface area (Å²) in [5.41, 5.74) is 0.996. The molecule has 0 unspecified atom stereocenters. The van der Waals surface area contributed by atoms with Gasteiger partial charge in [0.1, 0.15) is 5.75 Å². The van der Waals surface area contributed by atoms with Gasteiger partial charge in [0.15, 0.2) is 0 Å². The first-order valence-electron chi connectivity index (χ1n) is 5.11. The predicted molar refractivity (Wildman–Crippen MR) is 64.8 cm³/mol. The molecule has 88 valence electrons. The highest BCUT2D eigenvalue weighted by Gasteiger charge is 2.10. The average molecular weight is 242 g/mol. The van der Waals surface area contributed by atoms with Crippen molar-refractivity contribution in [3.8, 4) is 5.75 Å². The van der Waals surface area contributed by atoms with E-state index in [1.165, 1.54) is 0 Å². The molecule has 0 aliphatic heterocycles. The van der Waals surface area contributed by atoms with Gasteiger partial charge in [-0.2, -0.15) is 0 Å². The van der Waals surface area contributed by atoms with Crippen molar-refractivity contribution in [2.75, 3.05) is 20.0 Å². The smallest absolute Gasteiger partial charge is 0.223 e. The number of ether oxygens (including phenoxy) is 1. The average Bonchev–Trinajstić information content (AvgIpc) is 2.30. The van der Waals surface area contributed by atoms with Gasteiger partial charge in [-0.15, -0.1) is 11.6 Å². The van der Waals surface area contributed by atoms with Crippen LogP contribution in [0, 0.1) is 0 Å². The first kappa shape index (κ1) is 12.8. The Kier molecular flexibility index (Phi) is 5.12. The maximum Gasteiger partial charge on any atom is 0.223 e. The molecule has 0 N–H and O–H groups in total. The van der Waals surface area contributed by atoms with Gasteiger partial charge in [-0.3, -0.25) is 4.79 Å². The van der Waals surface area contributed by atoms with Crippen molar-refractivity contribution in [1.82, 2.24) is 4.90 Å². The third kappa shape index (κ3) is 3.42. The second-order valence-corrected chi connectivity index (χ2v) is 3.88. The number of amides is 1. The molecule has 0 atom stereocenters. The van der Waals surface area contributed by atoms with Crippen molar-refractivity contribution in [2.24, 2.45) is 0 Å². The van der Waals surface area contributed by atoms with E-state index in [9.17, 15) is 4.79 Å². The van der Waals surface area contributed by atoms with Crippen LogP contribution in [0.1, 0.15) is 12.0 Å². The molecule has 0 radical (unpaired) electrons.